The molecule has 0 spiro atoms. The van der Waals surface area contributed by atoms with Crippen LogP contribution in [-0.4, -0.2) is 25.3 Å². The number of hydrogen-bond acceptors (Lipinski definition) is 4. The van der Waals surface area contributed by atoms with Crippen molar-refractivity contribution in [2.75, 3.05) is 0 Å². The van der Waals surface area contributed by atoms with Crippen LogP contribution in [0.5, 0.6) is 0 Å². The highest BCUT2D eigenvalue weighted by Crippen LogP contribution is 2.40. The van der Waals surface area contributed by atoms with Crippen LogP contribution in [0.4, 0.5) is 0 Å². The van der Waals surface area contributed by atoms with E-state index in [4.69, 9.17) is 0 Å². The van der Waals surface area contributed by atoms with Crippen LogP contribution in [0.3, 0.4) is 0 Å². The molecule has 446 valence electrons. The number of hydrogen-bond donors (Lipinski definition) is 0. The Morgan fingerprint density at radius 3 is 1.19 bits per heavy atom. The Balaban J connectivity index is 0.806. The Labute approximate surface area is 558 Å². The molecular weight excluding hydrogens is 1200 g/mol. The third-order valence-corrected chi connectivity index (χ3v) is 28.9. The average molecular weight is 1250 g/mol. The maximum absolute atomic E-state index is 11.2. The zero-order chi connectivity index (χ0) is 64.7. The molecule has 0 radical (unpaired) electrons. The van der Waals surface area contributed by atoms with Crippen LogP contribution in [0.2, 0.25) is 0 Å². The summed E-state index contributed by atoms with van der Waals surface area (Å²) in [7, 11) is -6.22. The van der Waals surface area contributed by atoms with Crippen LogP contribution < -0.4 is 41.5 Å². The first-order valence-corrected chi connectivity index (χ1v) is 36.0. The Hall–Kier alpha value is -12.9. The number of rotatable bonds is 13. The van der Waals surface area contributed by atoms with Gasteiger partial charge in [0.25, 0.3) is 0 Å². The van der Waals surface area contributed by atoms with Gasteiger partial charge in [-0.05, 0) is 130 Å². The van der Waals surface area contributed by atoms with E-state index in [1.54, 1.807) is 0 Å². The molecular formula is C88H56N6Si2. The third-order valence-electron chi connectivity index (χ3n) is 19.4. The SMILES string of the molecule is N#Cc1cc(-c2ccc(-n3c4ccccc4c4ccccc43)c(C#N)c2)cc([Si](c2ccccc2)(c2ccccc2)c2ccc(-c3cccc4c3c3ccccc3n4-c3ccc(-c4ccc([Si](c5ccccc5)(c5ccccc5)c5ccccc5)cc4C#N)c(C#N)c3)cc2)c1. The van der Waals surface area contributed by atoms with Gasteiger partial charge < -0.3 is 9.13 Å². The lowest BCUT2D eigenvalue weighted by Crippen LogP contribution is -2.74. The predicted molar refractivity (Wildman–Crippen MR) is 398 cm³/mol. The van der Waals surface area contributed by atoms with Crippen LogP contribution in [0, 0.1) is 45.3 Å². The monoisotopic (exact) mass is 1250 g/mol. The maximum atomic E-state index is 11.2. The van der Waals surface area contributed by atoms with Gasteiger partial charge in [0.05, 0.1) is 68.2 Å². The highest BCUT2D eigenvalue weighted by molar-refractivity contribution is 7.20. The third kappa shape index (κ3) is 9.41. The molecule has 0 aliphatic heterocycles. The van der Waals surface area contributed by atoms with Crippen molar-refractivity contribution in [3.63, 3.8) is 0 Å². The van der Waals surface area contributed by atoms with Crippen molar-refractivity contribution < 1.29 is 0 Å². The second-order valence-electron chi connectivity index (χ2n) is 24.3. The number of para-hydroxylation sites is 3. The van der Waals surface area contributed by atoms with Crippen LogP contribution in [0.1, 0.15) is 22.3 Å². The van der Waals surface area contributed by atoms with Gasteiger partial charge in [0.15, 0.2) is 16.1 Å². The largest absolute Gasteiger partial charge is 0.309 e. The summed E-state index contributed by atoms with van der Waals surface area (Å²) in [4.78, 5) is 0. The number of nitriles is 4. The first-order valence-electron chi connectivity index (χ1n) is 32.0. The van der Waals surface area contributed by atoms with Gasteiger partial charge in [0.1, 0.15) is 6.07 Å². The Morgan fingerprint density at radius 1 is 0.240 bits per heavy atom. The molecule has 0 unspecified atom stereocenters. The van der Waals surface area contributed by atoms with Gasteiger partial charge in [-0.3, -0.25) is 0 Å². The molecule has 2 aromatic heterocycles. The second kappa shape index (κ2) is 24.3. The lowest BCUT2D eigenvalue weighted by Gasteiger charge is -2.35. The van der Waals surface area contributed by atoms with Gasteiger partial charge >= 0.3 is 0 Å². The fourth-order valence-corrected chi connectivity index (χ4v) is 24.8. The molecule has 0 fully saturated rings. The molecule has 0 aliphatic rings. The molecule has 0 bridgehead atoms. The van der Waals surface area contributed by atoms with Crippen molar-refractivity contribution in [2.45, 2.75) is 0 Å². The first kappa shape index (κ1) is 58.2. The molecule has 0 saturated heterocycles. The normalized spacial score (nSPS) is 11.5. The number of benzene rings is 14. The van der Waals surface area contributed by atoms with E-state index < -0.39 is 16.1 Å². The minimum absolute atomic E-state index is 0.462. The Kier molecular flexibility index (Phi) is 14.7. The zero-order valence-corrected chi connectivity index (χ0v) is 54.0. The van der Waals surface area contributed by atoms with E-state index in [0.29, 0.717) is 33.4 Å². The van der Waals surface area contributed by atoms with Crippen molar-refractivity contribution in [3.05, 3.63) is 362 Å². The van der Waals surface area contributed by atoms with Gasteiger partial charge in [0.2, 0.25) is 0 Å². The fourth-order valence-electron chi connectivity index (χ4n) is 15.2. The second-order valence-corrected chi connectivity index (χ2v) is 31.9. The molecule has 0 saturated carbocycles. The van der Waals surface area contributed by atoms with Crippen LogP contribution in [-0.2, 0) is 0 Å². The molecule has 2 heterocycles. The van der Waals surface area contributed by atoms with Crippen LogP contribution in [0.25, 0.3) is 88.4 Å². The standard InChI is InChI=1S/C88H56N6Si2/c89-57-61-51-64(63-43-50-83(67(53-63)60-92)94-84-37-19-16-33-80(84)81-34-17-20-38-85(81)94)55-76(52-61)96(72-29-12-4-13-30-72,73-31-14-5-15-32-73)74-45-41-62(42-46-74)79-36-22-40-87-88(79)82-35-18-21-39-86(82)93(87)68-44-48-77(65(54-68)58-90)78-49-47-75(56-66(78)59-91)95(69-23-6-1-7-24-69,70-25-8-2-9-26-70)71-27-10-3-11-28-71/h1-56H. The van der Waals surface area contributed by atoms with Crippen molar-refractivity contribution in [1.29, 1.82) is 21.0 Å². The lowest BCUT2D eigenvalue weighted by molar-refractivity contribution is 1.17. The van der Waals surface area contributed by atoms with E-state index in [9.17, 15) is 21.0 Å². The van der Waals surface area contributed by atoms with Crippen LogP contribution in [0.15, 0.2) is 340 Å². The first-order chi connectivity index (χ1) is 47.4. The summed E-state index contributed by atoms with van der Waals surface area (Å²) in [6.45, 7) is 0. The maximum Gasteiger partial charge on any atom is 0.179 e. The van der Waals surface area contributed by atoms with Crippen molar-refractivity contribution in [3.8, 4) is 69.0 Å². The molecule has 14 aromatic carbocycles. The molecule has 0 atom stereocenters. The minimum Gasteiger partial charge on any atom is -0.309 e. The molecule has 8 heteroatoms. The van der Waals surface area contributed by atoms with Crippen molar-refractivity contribution in [1.82, 2.24) is 9.13 Å². The van der Waals surface area contributed by atoms with E-state index in [0.717, 1.165) is 103 Å². The molecule has 0 aliphatic carbocycles. The van der Waals surface area contributed by atoms with E-state index >= 15 is 0 Å². The topological polar surface area (TPSA) is 105 Å². The predicted octanol–water partition coefficient (Wildman–Crippen LogP) is 15.1. The molecule has 16 aromatic rings. The summed E-state index contributed by atoms with van der Waals surface area (Å²) in [5.74, 6) is 0. The summed E-state index contributed by atoms with van der Waals surface area (Å²) in [6, 6.07) is 129. The van der Waals surface area contributed by atoms with E-state index in [1.807, 2.05) is 48.5 Å². The van der Waals surface area contributed by atoms with E-state index in [1.165, 1.54) is 15.6 Å². The zero-order valence-electron chi connectivity index (χ0n) is 52.0. The van der Waals surface area contributed by atoms with Crippen LogP contribution >= 0.6 is 0 Å². The summed E-state index contributed by atoms with van der Waals surface area (Å²) >= 11 is 0. The Morgan fingerprint density at radius 2 is 0.667 bits per heavy atom. The van der Waals surface area contributed by atoms with E-state index in [-0.39, 0.29) is 0 Å². The highest BCUT2D eigenvalue weighted by atomic mass is 28.3. The molecule has 0 N–H and O–H groups in total. The lowest BCUT2D eigenvalue weighted by atomic mass is 9.95. The van der Waals surface area contributed by atoms with Gasteiger partial charge in [-0.25, -0.2) is 0 Å². The highest BCUT2D eigenvalue weighted by Gasteiger charge is 2.43. The van der Waals surface area contributed by atoms with Gasteiger partial charge in [-0.15, -0.1) is 0 Å². The molecule has 6 nitrogen and oxygen atoms in total. The smallest absolute Gasteiger partial charge is 0.179 e. The minimum atomic E-state index is -3.28. The van der Waals surface area contributed by atoms with Gasteiger partial charge in [-0.2, -0.15) is 21.0 Å². The molecule has 96 heavy (non-hydrogen) atoms. The molecule has 0 amide bonds. The summed E-state index contributed by atoms with van der Waals surface area (Å²) in [5, 5.41) is 57.9. The molecule has 16 rings (SSSR count). The quantitative estimate of drug-likeness (QED) is 0.0847. The van der Waals surface area contributed by atoms with Gasteiger partial charge in [0, 0.05) is 38.4 Å². The summed E-state index contributed by atoms with van der Waals surface area (Å²) in [6.07, 6.45) is 0. The van der Waals surface area contributed by atoms with E-state index in [2.05, 4.69) is 325 Å². The summed E-state index contributed by atoms with van der Waals surface area (Å²) in [5.41, 5.74) is 12.9. The van der Waals surface area contributed by atoms with Crippen molar-refractivity contribution in [2.24, 2.45) is 0 Å². The van der Waals surface area contributed by atoms with Gasteiger partial charge in [-0.1, -0.05) is 273 Å². The average Bonchev–Trinajstić information content (AvgIpc) is 0.872. The summed E-state index contributed by atoms with van der Waals surface area (Å²) < 4.78 is 4.43. The number of aromatic nitrogens is 2. The Bertz CT molecular complexity index is 5690. The fraction of sp³-hybridized carbons (Fsp3) is 0. The number of fused-ring (bicyclic) bond motifs is 6. The van der Waals surface area contributed by atoms with Crippen molar-refractivity contribution >= 4 is 101 Å². The number of nitrogens with zero attached hydrogens (tertiary/aromatic N) is 6.